The number of amides is 1. The highest BCUT2D eigenvalue weighted by Gasteiger charge is 2.33. The van der Waals surface area contributed by atoms with E-state index in [0.717, 1.165) is 0 Å². The number of ether oxygens (including phenoxy) is 1. The predicted octanol–water partition coefficient (Wildman–Crippen LogP) is -0.634. The van der Waals surface area contributed by atoms with E-state index in [1.54, 1.807) is 0 Å². The second kappa shape index (κ2) is 4.95. The lowest BCUT2D eigenvalue weighted by atomic mass is 10.0. The number of nitrogens with two attached hydrogens (primary N) is 1. The molecule has 0 spiro atoms. The molecule has 0 aliphatic carbocycles. The summed E-state index contributed by atoms with van der Waals surface area (Å²) in [5, 5.41) is 16.7. The molecule has 0 radical (unpaired) electrons. The van der Waals surface area contributed by atoms with Crippen molar-refractivity contribution < 1.29 is 14.6 Å². The second-order valence-corrected chi connectivity index (χ2v) is 4.47. The molecular formula is C11H18N4O3. The summed E-state index contributed by atoms with van der Waals surface area (Å²) in [5.41, 5.74) is 5.40. The summed E-state index contributed by atoms with van der Waals surface area (Å²) in [4.78, 5) is 12.0. The van der Waals surface area contributed by atoms with Crippen LogP contribution in [0.4, 0.5) is 5.69 Å². The van der Waals surface area contributed by atoms with Crippen molar-refractivity contribution in [2.75, 3.05) is 25.5 Å². The standard InChI is InChI=1S/C11H18N4O3/c1-2-15-9(8(12)5-14-15)10(16)13-6-11(17)3-4-18-7-11/h5,17H,2-4,6-7,12H2,1H3,(H,13,16). The molecular weight excluding hydrogens is 236 g/mol. The first kappa shape index (κ1) is 12.8. The van der Waals surface area contributed by atoms with Gasteiger partial charge in [0.1, 0.15) is 11.3 Å². The van der Waals surface area contributed by atoms with E-state index in [1.165, 1.54) is 10.9 Å². The fourth-order valence-corrected chi connectivity index (χ4v) is 1.95. The van der Waals surface area contributed by atoms with E-state index in [4.69, 9.17) is 10.5 Å². The Kier molecular flexibility index (Phi) is 3.53. The summed E-state index contributed by atoms with van der Waals surface area (Å²) in [7, 11) is 0. The van der Waals surface area contributed by atoms with E-state index in [2.05, 4.69) is 10.4 Å². The minimum atomic E-state index is -0.971. The van der Waals surface area contributed by atoms with Gasteiger partial charge in [-0.2, -0.15) is 5.10 Å². The zero-order valence-corrected chi connectivity index (χ0v) is 10.3. The van der Waals surface area contributed by atoms with Crippen molar-refractivity contribution in [3.8, 4) is 0 Å². The molecule has 1 aliphatic heterocycles. The molecule has 1 atom stereocenters. The molecule has 1 aromatic heterocycles. The SMILES string of the molecule is CCn1ncc(N)c1C(=O)NCC1(O)CCOC1. The van der Waals surface area contributed by atoms with Crippen LogP contribution in [-0.4, -0.2) is 46.2 Å². The van der Waals surface area contributed by atoms with Gasteiger partial charge in [0.15, 0.2) is 0 Å². The number of aromatic nitrogens is 2. The van der Waals surface area contributed by atoms with Gasteiger partial charge in [-0.15, -0.1) is 0 Å². The first-order valence-corrected chi connectivity index (χ1v) is 5.95. The Bertz CT molecular complexity index is 437. The molecule has 18 heavy (non-hydrogen) atoms. The van der Waals surface area contributed by atoms with Gasteiger partial charge in [-0.3, -0.25) is 9.48 Å². The highest BCUT2D eigenvalue weighted by molar-refractivity contribution is 5.97. The molecule has 2 heterocycles. The summed E-state index contributed by atoms with van der Waals surface area (Å²) < 4.78 is 6.64. The highest BCUT2D eigenvalue weighted by Crippen LogP contribution is 2.17. The van der Waals surface area contributed by atoms with Crippen LogP contribution in [0.25, 0.3) is 0 Å². The predicted molar refractivity (Wildman–Crippen MR) is 65.0 cm³/mol. The number of aliphatic hydroxyl groups is 1. The number of nitrogens with one attached hydrogen (secondary N) is 1. The summed E-state index contributed by atoms with van der Waals surface area (Å²) in [6.07, 6.45) is 1.97. The Morgan fingerprint density at radius 3 is 3.17 bits per heavy atom. The molecule has 1 aliphatic rings. The number of nitrogen functional groups attached to an aromatic ring is 1. The maximum atomic E-state index is 12.0. The highest BCUT2D eigenvalue weighted by atomic mass is 16.5. The molecule has 7 heteroatoms. The molecule has 1 aromatic rings. The second-order valence-electron chi connectivity index (χ2n) is 4.47. The van der Waals surface area contributed by atoms with Gasteiger partial charge in [0.25, 0.3) is 5.91 Å². The Morgan fingerprint density at radius 1 is 1.78 bits per heavy atom. The van der Waals surface area contributed by atoms with E-state index in [9.17, 15) is 9.90 Å². The first-order chi connectivity index (χ1) is 8.56. The number of rotatable bonds is 4. The van der Waals surface area contributed by atoms with Gasteiger partial charge in [-0.1, -0.05) is 0 Å². The quantitative estimate of drug-likeness (QED) is 0.663. The molecule has 0 bridgehead atoms. The zero-order valence-electron chi connectivity index (χ0n) is 10.3. The van der Waals surface area contributed by atoms with Gasteiger partial charge in [0.2, 0.25) is 0 Å². The Labute approximate surface area is 105 Å². The Hall–Kier alpha value is -1.60. The first-order valence-electron chi connectivity index (χ1n) is 5.95. The lowest BCUT2D eigenvalue weighted by Crippen LogP contribution is -2.43. The zero-order chi connectivity index (χ0) is 13.2. The molecule has 0 saturated carbocycles. The van der Waals surface area contributed by atoms with Crippen LogP contribution in [0.1, 0.15) is 23.8 Å². The van der Waals surface area contributed by atoms with Crippen molar-refractivity contribution in [2.45, 2.75) is 25.5 Å². The van der Waals surface area contributed by atoms with Crippen LogP contribution in [0.3, 0.4) is 0 Å². The maximum absolute atomic E-state index is 12.0. The third kappa shape index (κ3) is 2.46. The number of aryl methyl sites for hydroxylation is 1. The van der Waals surface area contributed by atoms with Crippen molar-refractivity contribution in [1.29, 1.82) is 0 Å². The fourth-order valence-electron chi connectivity index (χ4n) is 1.95. The average Bonchev–Trinajstić information content (AvgIpc) is 2.93. The van der Waals surface area contributed by atoms with Crippen LogP contribution >= 0.6 is 0 Å². The molecule has 0 aromatic carbocycles. The monoisotopic (exact) mass is 254 g/mol. The van der Waals surface area contributed by atoms with Gasteiger partial charge in [-0.25, -0.2) is 0 Å². The van der Waals surface area contributed by atoms with Crippen LogP contribution < -0.4 is 11.1 Å². The number of hydrogen-bond donors (Lipinski definition) is 3. The van der Waals surface area contributed by atoms with Crippen molar-refractivity contribution >= 4 is 11.6 Å². The maximum Gasteiger partial charge on any atom is 0.271 e. The van der Waals surface area contributed by atoms with Crippen molar-refractivity contribution in [1.82, 2.24) is 15.1 Å². The third-order valence-electron chi connectivity index (χ3n) is 3.04. The van der Waals surface area contributed by atoms with E-state index in [1.807, 2.05) is 6.92 Å². The van der Waals surface area contributed by atoms with Crippen LogP contribution in [0, 0.1) is 0 Å². The summed E-state index contributed by atoms with van der Waals surface area (Å²) in [6, 6.07) is 0. The number of anilines is 1. The number of hydrogen-bond acceptors (Lipinski definition) is 5. The molecule has 100 valence electrons. The summed E-state index contributed by atoms with van der Waals surface area (Å²) in [6.45, 7) is 3.35. The van der Waals surface area contributed by atoms with Gasteiger partial charge < -0.3 is 20.9 Å². The van der Waals surface area contributed by atoms with Gasteiger partial charge in [0, 0.05) is 26.1 Å². The van der Waals surface area contributed by atoms with Crippen molar-refractivity contribution in [3.05, 3.63) is 11.9 Å². The molecule has 7 nitrogen and oxygen atoms in total. The molecule has 1 amide bonds. The summed E-state index contributed by atoms with van der Waals surface area (Å²) in [5.74, 6) is -0.327. The minimum Gasteiger partial charge on any atom is -0.396 e. The normalized spacial score (nSPS) is 23.2. The van der Waals surface area contributed by atoms with Crippen molar-refractivity contribution in [2.24, 2.45) is 0 Å². The number of carbonyl (C=O) groups is 1. The Balaban J connectivity index is 2.01. The van der Waals surface area contributed by atoms with E-state index < -0.39 is 5.60 Å². The number of carbonyl (C=O) groups excluding carboxylic acids is 1. The smallest absolute Gasteiger partial charge is 0.271 e. The van der Waals surface area contributed by atoms with Gasteiger partial charge >= 0.3 is 0 Å². The lowest BCUT2D eigenvalue weighted by molar-refractivity contribution is 0.0263. The van der Waals surface area contributed by atoms with Crippen LogP contribution in [0.15, 0.2) is 6.20 Å². The largest absolute Gasteiger partial charge is 0.396 e. The van der Waals surface area contributed by atoms with E-state index in [-0.39, 0.29) is 19.1 Å². The van der Waals surface area contributed by atoms with Crippen LogP contribution in [0.2, 0.25) is 0 Å². The van der Waals surface area contributed by atoms with Gasteiger partial charge in [-0.05, 0) is 6.92 Å². The minimum absolute atomic E-state index is 0.153. The fraction of sp³-hybridized carbons (Fsp3) is 0.636. The van der Waals surface area contributed by atoms with Crippen LogP contribution in [0.5, 0.6) is 0 Å². The van der Waals surface area contributed by atoms with E-state index >= 15 is 0 Å². The number of nitrogens with zero attached hydrogens (tertiary/aromatic N) is 2. The van der Waals surface area contributed by atoms with Crippen molar-refractivity contribution in [3.63, 3.8) is 0 Å². The topological polar surface area (TPSA) is 102 Å². The van der Waals surface area contributed by atoms with Gasteiger partial charge in [0.05, 0.1) is 18.5 Å². The van der Waals surface area contributed by atoms with E-state index in [0.29, 0.717) is 31.0 Å². The molecule has 4 N–H and O–H groups in total. The lowest BCUT2D eigenvalue weighted by Gasteiger charge is -2.20. The summed E-state index contributed by atoms with van der Waals surface area (Å²) >= 11 is 0. The molecule has 1 saturated heterocycles. The molecule has 2 rings (SSSR count). The Morgan fingerprint density at radius 2 is 2.56 bits per heavy atom. The third-order valence-corrected chi connectivity index (χ3v) is 3.04. The molecule has 1 unspecified atom stereocenters. The average molecular weight is 254 g/mol. The molecule has 1 fully saturated rings. The van der Waals surface area contributed by atoms with Crippen LogP contribution in [-0.2, 0) is 11.3 Å².